The van der Waals surface area contributed by atoms with Gasteiger partial charge in [-0.05, 0) is 42.5 Å². The highest BCUT2D eigenvalue weighted by atomic mass is 19.1. The Kier molecular flexibility index (Phi) is 3.51. The summed E-state index contributed by atoms with van der Waals surface area (Å²) in [5, 5.41) is 25.8. The number of carbonyl (C=O) groups is 1. The molecule has 0 aliphatic carbocycles. The van der Waals surface area contributed by atoms with Crippen LogP contribution in [0.5, 0.6) is 5.75 Å². The minimum absolute atomic E-state index is 0.254. The van der Waals surface area contributed by atoms with E-state index in [4.69, 9.17) is 5.11 Å². The zero-order chi connectivity index (χ0) is 13.8. The number of azo groups is 1. The lowest BCUT2D eigenvalue weighted by Crippen LogP contribution is -1.95. The van der Waals surface area contributed by atoms with Crippen molar-refractivity contribution in [2.45, 2.75) is 0 Å². The number of aromatic hydroxyl groups is 1. The molecule has 2 rings (SSSR count). The Balaban J connectivity index is 2.26. The summed E-state index contributed by atoms with van der Waals surface area (Å²) in [6.07, 6.45) is 0. The third-order valence-corrected chi connectivity index (χ3v) is 2.32. The van der Waals surface area contributed by atoms with Crippen LogP contribution in [0.2, 0.25) is 0 Å². The summed E-state index contributed by atoms with van der Waals surface area (Å²) >= 11 is 0. The zero-order valence-electron chi connectivity index (χ0n) is 9.62. The zero-order valence-corrected chi connectivity index (χ0v) is 9.62. The second-order valence-electron chi connectivity index (χ2n) is 3.68. The summed E-state index contributed by atoms with van der Waals surface area (Å²) in [7, 11) is 0. The summed E-state index contributed by atoms with van der Waals surface area (Å²) in [5.41, 5.74) is 0.460. The van der Waals surface area contributed by atoms with E-state index in [9.17, 15) is 14.3 Å². The van der Waals surface area contributed by atoms with Gasteiger partial charge in [0.25, 0.3) is 0 Å². The van der Waals surface area contributed by atoms with Crippen molar-refractivity contribution in [1.29, 1.82) is 0 Å². The van der Waals surface area contributed by atoms with Gasteiger partial charge in [-0.3, -0.25) is 0 Å². The SMILES string of the molecule is O=C(O)c1cc(N=Nc2ccc(F)cc2)ccc1O. The van der Waals surface area contributed by atoms with Crippen molar-refractivity contribution in [2.24, 2.45) is 10.2 Å². The van der Waals surface area contributed by atoms with Crippen molar-refractivity contribution >= 4 is 17.3 Å². The number of halogens is 1. The highest BCUT2D eigenvalue weighted by molar-refractivity contribution is 5.91. The molecule has 0 saturated heterocycles. The number of nitrogens with zero attached hydrogens (tertiary/aromatic N) is 2. The predicted molar refractivity (Wildman–Crippen MR) is 65.6 cm³/mol. The molecule has 6 heteroatoms. The van der Waals surface area contributed by atoms with E-state index in [-0.39, 0.29) is 22.8 Å². The lowest BCUT2D eigenvalue weighted by molar-refractivity contribution is 0.0694. The van der Waals surface area contributed by atoms with Crippen molar-refractivity contribution in [1.82, 2.24) is 0 Å². The fourth-order valence-corrected chi connectivity index (χ4v) is 1.38. The summed E-state index contributed by atoms with van der Waals surface area (Å²) in [6, 6.07) is 9.22. The molecule has 0 saturated carbocycles. The van der Waals surface area contributed by atoms with Crippen LogP contribution in [0.25, 0.3) is 0 Å². The quantitative estimate of drug-likeness (QED) is 0.826. The second-order valence-corrected chi connectivity index (χ2v) is 3.68. The molecule has 96 valence electrons. The van der Waals surface area contributed by atoms with Crippen LogP contribution in [-0.4, -0.2) is 16.2 Å². The molecule has 0 heterocycles. The first-order valence-electron chi connectivity index (χ1n) is 5.30. The Hall–Kier alpha value is -2.76. The van der Waals surface area contributed by atoms with E-state index in [1.54, 1.807) is 0 Å². The molecule has 0 unspecified atom stereocenters. The largest absolute Gasteiger partial charge is 0.507 e. The number of benzene rings is 2. The summed E-state index contributed by atoms with van der Waals surface area (Å²) in [6.45, 7) is 0. The van der Waals surface area contributed by atoms with E-state index in [0.29, 0.717) is 5.69 Å². The number of phenols is 1. The number of hydrogen-bond acceptors (Lipinski definition) is 4. The van der Waals surface area contributed by atoms with Gasteiger partial charge in [0.1, 0.15) is 17.1 Å². The molecule has 0 aliphatic heterocycles. The smallest absolute Gasteiger partial charge is 0.339 e. The van der Waals surface area contributed by atoms with Gasteiger partial charge in [0.15, 0.2) is 0 Å². The maximum Gasteiger partial charge on any atom is 0.339 e. The van der Waals surface area contributed by atoms with Gasteiger partial charge in [-0.1, -0.05) is 0 Å². The van der Waals surface area contributed by atoms with Gasteiger partial charge in [0.2, 0.25) is 0 Å². The third kappa shape index (κ3) is 3.12. The standard InChI is InChI=1S/C13H9FN2O3/c14-8-1-3-9(4-2-8)15-16-10-5-6-12(17)11(7-10)13(18)19/h1-7,17H,(H,18,19). The van der Waals surface area contributed by atoms with Crippen molar-refractivity contribution in [3.05, 3.63) is 53.8 Å². The van der Waals surface area contributed by atoms with Gasteiger partial charge in [0, 0.05) is 0 Å². The molecule has 0 spiro atoms. The summed E-state index contributed by atoms with van der Waals surface area (Å²) < 4.78 is 12.7. The number of hydrogen-bond donors (Lipinski definition) is 2. The topological polar surface area (TPSA) is 82.2 Å². The fraction of sp³-hybridized carbons (Fsp3) is 0. The van der Waals surface area contributed by atoms with E-state index in [2.05, 4.69) is 10.2 Å². The number of carboxylic acids is 1. The average molecular weight is 260 g/mol. The van der Waals surface area contributed by atoms with Gasteiger partial charge in [-0.15, -0.1) is 0 Å². The van der Waals surface area contributed by atoms with Crippen LogP contribution < -0.4 is 0 Å². The van der Waals surface area contributed by atoms with E-state index in [1.165, 1.54) is 42.5 Å². The number of aromatic carboxylic acids is 1. The predicted octanol–water partition coefficient (Wildman–Crippen LogP) is 3.64. The summed E-state index contributed by atoms with van der Waals surface area (Å²) in [4.78, 5) is 10.8. The first kappa shape index (κ1) is 12.7. The maximum absolute atomic E-state index is 12.7. The number of carboxylic acid groups (broad SMARTS) is 1. The molecule has 2 aromatic rings. The molecular weight excluding hydrogens is 251 g/mol. The maximum atomic E-state index is 12.7. The lowest BCUT2D eigenvalue weighted by atomic mass is 10.2. The van der Waals surface area contributed by atoms with Gasteiger partial charge in [-0.25, -0.2) is 9.18 Å². The third-order valence-electron chi connectivity index (χ3n) is 2.32. The van der Waals surface area contributed by atoms with Crippen molar-refractivity contribution in [2.75, 3.05) is 0 Å². The minimum atomic E-state index is -1.25. The van der Waals surface area contributed by atoms with Crippen molar-refractivity contribution < 1.29 is 19.4 Å². The molecular formula is C13H9FN2O3. The van der Waals surface area contributed by atoms with Crippen molar-refractivity contribution in [3.8, 4) is 5.75 Å². The molecule has 0 amide bonds. The lowest BCUT2D eigenvalue weighted by Gasteiger charge is -1.99. The van der Waals surface area contributed by atoms with E-state index < -0.39 is 5.97 Å². The van der Waals surface area contributed by atoms with Gasteiger partial charge < -0.3 is 10.2 Å². The van der Waals surface area contributed by atoms with Crippen LogP contribution in [0, 0.1) is 5.82 Å². The molecule has 0 radical (unpaired) electrons. The monoisotopic (exact) mass is 260 g/mol. The Morgan fingerprint density at radius 2 is 1.58 bits per heavy atom. The Bertz CT molecular complexity index is 639. The van der Waals surface area contributed by atoms with E-state index >= 15 is 0 Å². The van der Waals surface area contributed by atoms with Crippen LogP contribution in [0.3, 0.4) is 0 Å². The number of rotatable bonds is 3. The Morgan fingerprint density at radius 3 is 2.21 bits per heavy atom. The van der Waals surface area contributed by atoms with Crippen LogP contribution in [0.1, 0.15) is 10.4 Å². The summed E-state index contributed by atoms with van der Waals surface area (Å²) in [5.74, 6) is -1.97. The molecule has 0 aliphatic rings. The van der Waals surface area contributed by atoms with Gasteiger partial charge >= 0.3 is 5.97 Å². The molecule has 19 heavy (non-hydrogen) atoms. The Morgan fingerprint density at radius 1 is 1.00 bits per heavy atom. The van der Waals surface area contributed by atoms with E-state index in [0.717, 1.165) is 0 Å². The fourth-order valence-electron chi connectivity index (χ4n) is 1.38. The van der Waals surface area contributed by atoms with Crippen LogP contribution in [-0.2, 0) is 0 Å². The average Bonchev–Trinajstić information content (AvgIpc) is 2.39. The van der Waals surface area contributed by atoms with E-state index in [1.807, 2.05) is 0 Å². The van der Waals surface area contributed by atoms with Crippen LogP contribution in [0.4, 0.5) is 15.8 Å². The molecule has 0 fully saturated rings. The molecule has 5 nitrogen and oxygen atoms in total. The first-order chi connectivity index (χ1) is 9.06. The van der Waals surface area contributed by atoms with Crippen molar-refractivity contribution in [3.63, 3.8) is 0 Å². The molecule has 0 bridgehead atoms. The van der Waals surface area contributed by atoms with Crippen LogP contribution >= 0.6 is 0 Å². The molecule has 2 aromatic carbocycles. The van der Waals surface area contributed by atoms with Gasteiger partial charge in [-0.2, -0.15) is 10.2 Å². The molecule has 0 aromatic heterocycles. The second kappa shape index (κ2) is 5.26. The normalized spacial score (nSPS) is 10.8. The highest BCUT2D eigenvalue weighted by Gasteiger charge is 2.09. The van der Waals surface area contributed by atoms with Gasteiger partial charge in [0.05, 0.1) is 11.4 Å². The molecule has 2 N–H and O–H groups in total. The first-order valence-corrected chi connectivity index (χ1v) is 5.30. The Labute approximate surface area is 107 Å². The highest BCUT2D eigenvalue weighted by Crippen LogP contribution is 2.25. The molecule has 0 atom stereocenters. The minimum Gasteiger partial charge on any atom is -0.507 e. The van der Waals surface area contributed by atoms with Crippen LogP contribution in [0.15, 0.2) is 52.7 Å².